The SMILES string of the molecule is N#CC=CC(=Cc1ccccc1)N1C(=O)C=CC1=O. The van der Waals surface area contributed by atoms with Gasteiger partial charge in [0.1, 0.15) is 0 Å². The number of carbonyl (C=O) groups excluding carboxylic acids is 2. The first-order valence-corrected chi connectivity index (χ1v) is 5.61. The minimum atomic E-state index is -0.408. The van der Waals surface area contributed by atoms with Crippen LogP contribution in [-0.4, -0.2) is 16.7 Å². The van der Waals surface area contributed by atoms with E-state index < -0.39 is 11.8 Å². The van der Waals surface area contributed by atoms with E-state index in [0.29, 0.717) is 5.70 Å². The normalized spacial score (nSPS) is 15.3. The minimum absolute atomic E-state index is 0.368. The Hall–Kier alpha value is -2.93. The highest BCUT2D eigenvalue weighted by Crippen LogP contribution is 2.17. The lowest BCUT2D eigenvalue weighted by molar-refractivity contribution is -0.134. The molecule has 0 spiro atoms. The van der Waals surface area contributed by atoms with Crippen LogP contribution >= 0.6 is 0 Å². The zero-order valence-corrected chi connectivity index (χ0v) is 9.98. The first kappa shape index (κ1) is 12.5. The molecule has 0 saturated carbocycles. The van der Waals surface area contributed by atoms with E-state index >= 15 is 0 Å². The van der Waals surface area contributed by atoms with Crippen molar-refractivity contribution in [2.75, 3.05) is 0 Å². The van der Waals surface area contributed by atoms with E-state index in [-0.39, 0.29) is 0 Å². The maximum atomic E-state index is 11.6. The van der Waals surface area contributed by atoms with Gasteiger partial charge in [0.25, 0.3) is 11.8 Å². The predicted octanol–water partition coefficient (Wildman–Crippen LogP) is 2.03. The van der Waals surface area contributed by atoms with Crippen LogP contribution in [0.5, 0.6) is 0 Å². The Morgan fingerprint density at radius 1 is 1.11 bits per heavy atom. The first-order valence-electron chi connectivity index (χ1n) is 5.61. The van der Waals surface area contributed by atoms with Gasteiger partial charge < -0.3 is 0 Å². The van der Waals surface area contributed by atoms with E-state index in [1.165, 1.54) is 24.3 Å². The maximum Gasteiger partial charge on any atom is 0.258 e. The molecule has 2 amide bonds. The molecule has 19 heavy (non-hydrogen) atoms. The molecule has 0 fully saturated rings. The van der Waals surface area contributed by atoms with Crippen LogP contribution in [0.2, 0.25) is 0 Å². The van der Waals surface area contributed by atoms with Crippen LogP contribution in [0.15, 0.2) is 60.3 Å². The van der Waals surface area contributed by atoms with Crippen LogP contribution in [0.3, 0.4) is 0 Å². The van der Waals surface area contributed by atoms with Crippen LogP contribution in [0.4, 0.5) is 0 Å². The first-order chi connectivity index (χ1) is 9.22. The minimum Gasteiger partial charge on any atom is -0.269 e. The van der Waals surface area contributed by atoms with E-state index in [1.54, 1.807) is 6.08 Å². The molecule has 0 aromatic heterocycles. The largest absolute Gasteiger partial charge is 0.269 e. The number of carbonyl (C=O) groups is 2. The standard InChI is InChI=1S/C15H10N2O2/c16-10-4-7-13(11-12-5-2-1-3-6-12)17-14(18)8-9-15(17)19/h1-9,11H. The third kappa shape index (κ3) is 2.85. The maximum absolute atomic E-state index is 11.6. The molecule has 2 rings (SSSR count). The van der Waals surface area contributed by atoms with Gasteiger partial charge in [0.2, 0.25) is 0 Å². The summed E-state index contributed by atoms with van der Waals surface area (Å²) in [4.78, 5) is 24.3. The molecule has 1 aromatic rings. The number of benzene rings is 1. The van der Waals surface area contributed by atoms with E-state index in [9.17, 15) is 9.59 Å². The Kier molecular flexibility index (Phi) is 3.70. The van der Waals surface area contributed by atoms with Crippen molar-refractivity contribution >= 4 is 17.9 Å². The molecule has 1 aliphatic heterocycles. The fourth-order valence-electron chi connectivity index (χ4n) is 1.68. The van der Waals surface area contributed by atoms with Crippen molar-refractivity contribution in [3.05, 3.63) is 65.9 Å². The highest BCUT2D eigenvalue weighted by molar-refractivity contribution is 6.15. The molecular formula is C15H10N2O2. The second kappa shape index (κ2) is 5.61. The Morgan fingerprint density at radius 2 is 1.74 bits per heavy atom. The number of imide groups is 1. The summed E-state index contributed by atoms with van der Waals surface area (Å²) >= 11 is 0. The number of rotatable bonds is 3. The van der Waals surface area contributed by atoms with E-state index in [4.69, 9.17) is 5.26 Å². The van der Waals surface area contributed by atoms with Crippen LogP contribution in [-0.2, 0) is 9.59 Å². The van der Waals surface area contributed by atoms with Gasteiger partial charge in [-0.1, -0.05) is 30.3 Å². The third-order valence-electron chi connectivity index (χ3n) is 2.51. The average molecular weight is 250 g/mol. The van der Waals surface area contributed by atoms with Gasteiger partial charge in [0.15, 0.2) is 0 Å². The Bertz CT molecular complexity index is 616. The molecule has 92 valence electrons. The third-order valence-corrected chi connectivity index (χ3v) is 2.51. The fraction of sp³-hybridized carbons (Fsp3) is 0. The van der Waals surface area contributed by atoms with Crippen molar-refractivity contribution in [3.8, 4) is 6.07 Å². The highest BCUT2D eigenvalue weighted by atomic mass is 16.2. The van der Waals surface area contributed by atoms with Crippen molar-refractivity contribution in [2.24, 2.45) is 0 Å². The molecule has 0 radical (unpaired) electrons. The monoisotopic (exact) mass is 250 g/mol. The molecule has 0 saturated heterocycles. The van der Waals surface area contributed by atoms with Gasteiger partial charge in [0.05, 0.1) is 11.8 Å². The van der Waals surface area contributed by atoms with Gasteiger partial charge in [-0.15, -0.1) is 0 Å². The molecule has 0 N–H and O–H groups in total. The Balaban J connectivity index is 2.40. The van der Waals surface area contributed by atoms with Crippen LogP contribution in [0, 0.1) is 11.3 Å². The zero-order valence-electron chi connectivity index (χ0n) is 9.98. The van der Waals surface area contributed by atoms with E-state index in [0.717, 1.165) is 10.5 Å². The summed E-state index contributed by atoms with van der Waals surface area (Å²) in [7, 11) is 0. The molecule has 0 aliphatic carbocycles. The number of hydrogen-bond donors (Lipinski definition) is 0. The van der Waals surface area contributed by atoms with Crippen LogP contribution in [0.1, 0.15) is 5.56 Å². The van der Waals surface area contributed by atoms with Crippen LogP contribution in [0.25, 0.3) is 6.08 Å². The second-order valence-electron chi connectivity index (χ2n) is 3.79. The van der Waals surface area contributed by atoms with Crippen molar-refractivity contribution in [3.63, 3.8) is 0 Å². The summed E-state index contributed by atoms with van der Waals surface area (Å²) in [5.74, 6) is -0.815. The number of allylic oxidation sites excluding steroid dienone is 2. The second-order valence-corrected chi connectivity index (χ2v) is 3.79. The smallest absolute Gasteiger partial charge is 0.258 e. The summed E-state index contributed by atoms with van der Waals surface area (Å²) in [6, 6.07) is 11.1. The summed E-state index contributed by atoms with van der Waals surface area (Å²) in [6.07, 6.45) is 6.77. The Labute approximate surface area is 110 Å². The van der Waals surface area contributed by atoms with E-state index in [2.05, 4.69) is 0 Å². The molecule has 1 heterocycles. The topological polar surface area (TPSA) is 61.2 Å². The van der Waals surface area contributed by atoms with Crippen molar-refractivity contribution in [1.82, 2.24) is 4.90 Å². The molecule has 0 bridgehead atoms. The molecule has 1 aliphatic rings. The lowest BCUT2D eigenvalue weighted by atomic mass is 10.1. The quantitative estimate of drug-likeness (QED) is 0.468. The number of nitrogens with zero attached hydrogens (tertiary/aromatic N) is 2. The summed E-state index contributed by atoms with van der Waals surface area (Å²) in [5.41, 5.74) is 1.21. The lowest BCUT2D eigenvalue weighted by Crippen LogP contribution is -2.28. The number of nitriles is 1. The summed E-state index contributed by atoms with van der Waals surface area (Å²) < 4.78 is 0. The Morgan fingerprint density at radius 3 is 2.32 bits per heavy atom. The van der Waals surface area contributed by atoms with E-state index in [1.807, 2.05) is 36.4 Å². The average Bonchev–Trinajstić information content (AvgIpc) is 2.75. The summed E-state index contributed by atoms with van der Waals surface area (Å²) in [5, 5.41) is 8.59. The predicted molar refractivity (Wildman–Crippen MR) is 70.2 cm³/mol. The van der Waals surface area contributed by atoms with Gasteiger partial charge in [0, 0.05) is 18.2 Å². The molecule has 4 nitrogen and oxygen atoms in total. The van der Waals surface area contributed by atoms with Crippen molar-refractivity contribution < 1.29 is 9.59 Å². The lowest BCUT2D eigenvalue weighted by Gasteiger charge is -2.14. The zero-order chi connectivity index (χ0) is 13.7. The van der Waals surface area contributed by atoms with Gasteiger partial charge in [-0.25, -0.2) is 4.90 Å². The molecule has 1 aromatic carbocycles. The van der Waals surface area contributed by atoms with Gasteiger partial charge in [-0.05, 0) is 17.7 Å². The number of hydrogen-bond acceptors (Lipinski definition) is 3. The molecule has 4 heteroatoms. The molecule has 0 unspecified atom stereocenters. The van der Waals surface area contributed by atoms with Gasteiger partial charge in [-0.3, -0.25) is 9.59 Å². The highest BCUT2D eigenvalue weighted by Gasteiger charge is 2.25. The van der Waals surface area contributed by atoms with Crippen molar-refractivity contribution in [2.45, 2.75) is 0 Å². The fourth-order valence-corrected chi connectivity index (χ4v) is 1.68. The molecular weight excluding hydrogens is 240 g/mol. The van der Waals surface area contributed by atoms with Gasteiger partial charge >= 0.3 is 0 Å². The number of amides is 2. The van der Waals surface area contributed by atoms with Crippen molar-refractivity contribution in [1.29, 1.82) is 5.26 Å². The van der Waals surface area contributed by atoms with Gasteiger partial charge in [-0.2, -0.15) is 5.26 Å². The summed E-state index contributed by atoms with van der Waals surface area (Å²) in [6.45, 7) is 0. The van der Waals surface area contributed by atoms with Crippen LogP contribution < -0.4 is 0 Å². The molecule has 0 atom stereocenters.